The van der Waals surface area contributed by atoms with Gasteiger partial charge in [-0.2, -0.15) is 0 Å². The van der Waals surface area contributed by atoms with Crippen molar-refractivity contribution in [2.75, 3.05) is 7.11 Å². The third kappa shape index (κ3) is 3.23. The van der Waals surface area contributed by atoms with Crippen molar-refractivity contribution < 1.29 is 14.6 Å². The van der Waals surface area contributed by atoms with Gasteiger partial charge in [0.2, 0.25) is 0 Å². The Hall–Kier alpha value is -2.11. The molecule has 0 fully saturated rings. The second-order valence-electron chi connectivity index (χ2n) is 6.19. The van der Waals surface area contributed by atoms with Gasteiger partial charge < -0.3 is 14.8 Å². The van der Waals surface area contributed by atoms with Gasteiger partial charge in [-0.05, 0) is 45.9 Å². The third-order valence-electron chi connectivity index (χ3n) is 3.93. The number of H-pyrrole nitrogens is 1. The normalized spacial score (nSPS) is 12.1. The van der Waals surface area contributed by atoms with Crippen molar-refractivity contribution in [3.63, 3.8) is 0 Å². The number of hydrogen-bond acceptors (Lipinski definition) is 4. The summed E-state index contributed by atoms with van der Waals surface area (Å²) in [6.07, 6.45) is 2.75. The summed E-state index contributed by atoms with van der Waals surface area (Å²) in [7, 11) is 1.51. The lowest BCUT2D eigenvalue weighted by Gasteiger charge is -2.13. The van der Waals surface area contributed by atoms with E-state index in [0.717, 1.165) is 0 Å². The number of halogens is 1. The van der Waals surface area contributed by atoms with Crippen molar-refractivity contribution in [1.29, 1.82) is 0 Å². The van der Waals surface area contributed by atoms with E-state index in [1.807, 2.05) is 0 Å². The molecule has 0 bridgehead atoms. The van der Waals surface area contributed by atoms with Crippen LogP contribution in [0.1, 0.15) is 30.7 Å². The van der Waals surface area contributed by atoms with Crippen molar-refractivity contribution in [1.82, 2.24) is 4.98 Å². The molecule has 0 saturated heterocycles. The number of ketones is 1. The Kier molecular flexibility index (Phi) is 4.87. The molecule has 0 unspecified atom stereocenters. The smallest absolute Gasteiger partial charge is 0.192 e. The minimum absolute atomic E-state index is 0.174. The zero-order chi connectivity index (χ0) is 18.2. The molecule has 5 nitrogen and oxygen atoms in total. The van der Waals surface area contributed by atoms with Crippen molar-refractivity contribution in [3.8, 4) is 5.75 Å². The molecule has 0 amide bonds. The predicted octanol–water partition coefficient (Wildman–Crippen LogP) is 3.16. The fourth-order valence-electron chi connectivity index (χ4n) is 2.43. The van der Waals surface area contributed by atoms with E-state index in [1.54, 1.807) is 19.9 Å². The van der Waals surface area contributed by atoms with E-state index in [9.17, 15) is 14.7 Å². The molecule has 0 spiro atoms. The lowest BCUT2D eigenvalue weighted by Crippen LogP contribution is -2.29. The molecular formula is C18H20ClNO4. The van der Waals surface area contributed by atoms with E-state index in [2.05, 4.69) is 4.98 Å². The van der Waals surface area contributed by atoms with E-state index in [4.69, 9.17) is 16.3 Å². The van der Waals surface area contributed by atoms with Gasteiger partial charge in [-0.15, -0.1) is 0 Å². The first kappa shape index (κ1) is 18.2. The first-order valence-electron chi connectivity index (χ1n) is 7.42. The number of ether oxygens (including phenoxy) is 1. The Balaban J connectivity index is 2.70. The van der Waals surface area contributed by atoms with E-state index in [0.29, 0.717) is 38.5 Å². The highest BCUT2D eigenvalue weighted by molar-refractivity contribution is 6.33. The predicted molar refractivity (Wildman–Crippen MR) is 95.9 cm³/mol. The number of pyridine rings is 1. The summed E-state index contributed by atoms with van der Waals surface area (Å²) in [4.78, 5) is 27.6. The number of aliphatic hydroxyl groups is 1. The molecule has 2 rings (SSSR count). The Morgan fingerprint density at radius 3 is 2.50 bits per heavy atom. The summed E-state index contributed by atoms with van der Waals surface area (Å²) in [5.74, 6) is 0.0411. The van der Waals surface area contributed by atoms with Crippen molar-refractivity contribution in [3.05, 3.63) is 44.2 Å². The molecule has 6 heteroatoms. The van der Waals surface area contributed by atoms with Gasteiger partial charge >= 0.3 is 0 Å². The monoisotopic (exact) mass is 349 g/mol. The van der Waals surface area contributed by atoms with Gasteiger partial charge in [0.1, 0.15) is 11.4 Å². The van der Waals surface area contributed by atoms with Crippen LogP contribution in [0.5, 0.6) is 5.75 Å². The topological polar surface area (TPSA) is 79.4 Å². The summed E-state index contributed by atoms with van der Waals surface area (Å²) < 4.78 is 5.28. The number of benzene rings is 1. The Morgan fingerprint density at radius 1 is 1.33 bits per heavy atom. The lowest BCUT2D eigenvalue weighted by molar-refractivity contribution is -0.128. The molecule has 2 aromatic rings. The molecule has 24 heavy (non-hydrogen) atoms. The minimum atomic E-state index is -1.46. The van der Waals surface area contributed by atoms with Crippen LogP contribution in [0.25, 0.3) is 17.0 Å². The molecule has 0 aliphatic rings. The van der Waals surface area contributed by atoms with Crippen LogP contribution in [-0.2, 0) is 4.79 Å². The number of nitrogens with one attached hydrogen (secondary N) is 1. The fraction of sp³-hybridized carbons (Fsp3) is 0.333. The maximum atomic E-state index is 12.6. The molecule has 0 aliphatic carbocycles. The van der Waals surface area contributed by atoms with Crippen LogP contribution in [0, 0.1) is 13.8 Å². The van der Waals surface area contributed by atoms with Crippen molar-refractivity contribution in [2.45, 2.75) is 33.3 Å². The molecule has 0 atom stereocenters. The summed E-state index contributed by atoms with van der Waals surface area (Å²) in [6, 6.07) is 1.57. The second kappa shape index (κ2) is 6.42. The van der Waals surface area contributed by atoms with Crippen LogP contribution in [0.4, 0.5) is 0 Å². The Labute approximate surface area is 144 Å². The number of aryl methyl sites for hydroxylation is 1. The van der Waals surface area contributed by atoms with Crippen LogP contribution in [0.2, 0.25) is 5.02 Å². The number of fused-ring (bicyclic) bond motifs is 1. The average Bonchev–Trinajstić information content (AvgIpc) is 2.49. The van der Waals surface area contributed by atoms with E-state index in [1.165, 1.54) is 33.1 Å². The van der Waals surface area contributed by atoms with Crippen molar-refractivity contribution in [2.24, 2.45) is 0 Å². The van der Waals surface area contributed by atoms with Gasteiger partial charge in [0.25, 0.3) is 0 Å². The van der Waals surface area contributed by atoms with Crippen LogP contribution in [0.3, 0.4) is 0 Å². The second-order valence-corrected chi connectivity index (χ2v) is 6.60. The zero-order valence-corrected chi connectivity index (χ0v) is 15.0. The molecule has 1 heterocycles. The van der Waals surface area contributed by atoms with Gasteiger partial charge in [-0.3, -0.25) is 9.59 Å². The summed E-state index contributed by atoms with van der Waals surface area (Å²) in [6.45, 7) is 6.28. The SMILES string of the molecule is COc1c(Cl)cc2c(=O)c(C)c(C=CC(=O)C(C)(C)O)[nH]c2c1C. The molecule has 0 radical (unpaired) electrons. The molecule has 0 aliphatic heterocycles. The highest BCUT2D eigenvalue weighted by atomic mass is 35.5. The number of rotatable bonds is 4. The average molecular weight is 350 g/mol. The molecule has 0 saturated carbocycles. The van der Waals surface area contributed by atoms with E-state index in [-0.39, 0.29) is 5.43 Å². The van der Waals surface area contributed by atoms with Gasteiger partial charge in [0.15, 0.2) is 11.2 Å². The Morgan fingerprint density at radius 2 is 1.96 bits per heavy atom. The van der Waals surface area contributed by atoms with E-state index < -0.39 is 11.4 Å². The van der Waals surface area contributed by atoms with Crippen molar-refractivity contribution >= 4 is 34.4 Å². The first-order valence-corrected chi connectivity index (χ1v) is 7.80. The number of hydrogen-bond donors (Lipinski definition) is 2. The molecule has 2 N–H and O–H groups in total. The third-order valence-corrected chi connectivity index (χ3v) is 4.21. The highest BCUT2D eigenvalue weighted by Gasteiger charge is 2.21. The Bertz CT molecular complexity index is 904. The molecule has 1 aromatic heterocycles. The number of aromatic amines is 1. The minimum Gasteiger partial charge on any atom is -0.495 e. The number of carbonyl (C=O) groups is 1. The van der Waals surface area contributed by atoms with Crippen LogP contribution in [0.15, 0.2) is 16.9 Å². The summed E-state index contributed by atoms with van der Waals surface area (Å²) in [5, 5.41) is 10.5. The largest absolute Gasteiger partial charge is 0.495 e. The van der Waals surface area contributed by atoms with Gasteiger partial charge in [-0.1, -0.05) is 11.6 Å². The van der Waals surface area contributed by atoms with Gasteiger partial charge in [0, 0.05) is 22.2 Å². The first-order chi connectivity index (χ1) is 11.1. The quantitative estimate of drug-likeness (QED) is 0.831. The number of aromatic nitrogens is 1. The summed E-state index contributed by atoms with van der Waals surface area (Å²) in [5.41, 5.74) is 0.629. The molecular weight excluding hydrogens is 330 g/mol. The molecule has 128 valence electrons. The van der Waals surface area contributed by atoms with Gasteiger partial charge in [-0.25, -0.2) is 0 Å². The maximum Gasteiger partial charge on any atom is 0.192 e. The number of methoxy groups -OCH3 is 1. The van der Waals surface area contributed by atoms with Crippen LogP contribution in [-0.4, -0.2) is 28.6 Å². The fourth-order valence-corrected chi connectivity index (χ4v) is 2.76. The van der Waals surface area contributed by atoms with E-state index >= 15 is 0 Å². The number of carbonyl (C=O) groups excluding carboxylic acids is 1. The lowest BCUT2D eigenvalue weighted by atomic mass is 10.0. The van der Waals surface area contributed by atoms with Crippen LogP contribution >= 0.6 is 11.6 Å². The van der Waals surface area contributed by atoms with Crippen LogP contribution < -0.4 is 10.2 Å². The molecule has 1 aromatic carbocycles. The zero-order valence-electron chi connectivity index (χ0n) is 14.3. The van der Waals surface area contributed by atoms with Gasteiger partial charge in [0.05, 0.1) is 17.6 Å². The highest BCUT2D eigenvalue weighted by Crippen LogP contribution is 2.33. The standard InChI is InChI=1S/C18H20ClNO4/c1-9-13(6-7-14(21)18(3,4)23)20-15-10(2)17(24-5)12(19)8-11(15)16(9)22/h6-8,23H,1-5H3,(H,20,22). The maximum absolute atomic E-state index is 12.6. The summed E-state index contributed by atoms with van der Waals surface area (Å²) >= 11 is 6.16.